The Morgan fingerprint density at radius 1 is 0.885 bits per heavy atom. The zero-order valence-corrected chi connectivity index (χ0v) is 21.8. The molecule has 0 spiro atoms. The standard InChI is InChI=1S/C19H40O4Si3/c1-15(24(4,5)6)13-19(18(21)23-3,26(10,11)12)14-16(17(20)22-2)25(7,8)9/h20H,1,13-14H2,2-12H3/b17-16-. The van der Waals surface area contributed by atoms with Crippen molar-refractivity contribution in [2.75, 3.05) is 14.2 Å². The van der Waals surface area contributed by atoms with Gasteiger partial charge in [-0.05, 0) is 18.0 Å². The van der Waals surface area contributed by atoms with Gasteiger partial charge in [-0.3, -0.25) is 4.79 Å². The van der Waals surface area contributed by atoms with Crippen LogP contribution in [0.3, 0.4) is 0 Å². The van der Waals surface area contributed by atoms with Crippen LogP contribution in [0, 0.1) is 0 Å². The van der Waals surface area contributed by atoms with Gasteiger partial charge in [-0.25, -0.2) is 0 Å². The number of hydrogen-bond donors (Lipinski definition) is 1. The van der Waals surface area contributed by atoms with Crippen LogP contribution in [0.2, 0.25) is 64.0 Å². The lowest BCUT2D eigenvalue weighted by molar-refractivity contribution is -0.144. The highest BCUT2D eigenvalue weighted by Crippen LogP contribution is 2.52. The third-order valence-electron chi connectivity index (χ3n) is 5.42. The van der Waals surface area contributed by atoms with Crippen molar-refractivity contribution >= 4 is 30.2 Å². The highest BCUT2D eigenvalue weighted by Gasteiger charge is 2.53. The molecule has 1 N–H and O–H groups in total. The Balaban J connectivity index is 6.57. The van der Waals surface area contributed by atoms with Crippen LogP contribution in [0.1, 0.15) is 12.8 Å². The van der Waals surface area contributed by atoms with Crippen LogP contribution in [0.15, 0.2) is 22.9 Å². The predicted octanol–water partition coefficient (Wildman–Crippen LogP) is 5.75. The van der Waals surface area contributed by atoms with Gasteiger partial charge in [0, 0.05) is 0 Å². The van der Waals surface area contributed by atoms with Crippen molar-refractivity contribution in [2.24, 2.45) is 0 Å². The summed E-state index contributed by atoms with van der Waals surface area (Å²) < 4.78 is 10.5. The maximum atomic E-state index is 13.2. The number of aliphatic hydroxyl groups excluding tert-OH is 1. The van der Waals surface area contributed by atoms with Crippen LogP contribution in [0.25, 0.3) is 0 Å². The summed E-state index contributed by atoms with van der Waals surface area (Å²) >= 11 is 0. The molecular formula is C19H40O4Si3. The van der Waals surface area contributed by atoms with E-state index in [0.29, 0.717) is 12.8 Å². The smallest absolute Gasteiger partial charge is 0.309 e. The molecular weight excluding hydrogens is 376 g/mol. The Kier molecular flexibility index (Phi) is 8.22. The Labute approximate surface area is 163 Å². The molecule has 1 unspecified atom stereocenters. The van der Waals surface area contributed by atoms with Gasteiger partial charge in [-0.1, -0.05) is 64.1 Å². The largest absolute Gasteiger partial charge is 0.481 e. The van der Waals surface area contributed by atoms with Gasteiger partial charge in [0.1, 0.15) is 0 Å². The summed E-state index contributed by atoms with van der Waals surface area (Å²) in [6, 6.07) is 0. The zero-order chi connectivity index (χ0) is 21.1. The summed E-state index contributed by atoms with van der Waals surface area (Å²) in [6.45, 7) is 24.2. The summed E-state index contributed by atoms with van der Waals surface area (Å²) in [6.07, 6.45) is 1.10. The summed E-state index contributed by atoms with van der Waals surface area (Å²) in [5.41, 5.74) is 0. The molecule has 1 atom stereocenters. The maximum Gasteiger partial charge on any atom is 0.309 e. The minimum atomic E-state index is -2.05. The fourth-order valence-corrected chi connectivity index (χ4v) is 7.88. The van der Waals surface area contributed by atoms with Gasteiger partial charge in [0.2, 0.25) is 0 Å². The van der Waals surface area contributed by atoms with E-state index in [0.717, 1.165) is 10.4 Å². The maximum absolute atomic E-state index is 13.2. The molecule has 0 radical (unpaired) electrons. The van der Waals surface area contributed by atoms with E-state index in [9.17, 15) is 9.90 Å². The molecule has 0 heterocycles. The molecule has 0 saturated heterocycles. The number of methoxy groups -OCH3 is 2. The number of aliphatic hydroxyl groups is 1. The summed E-state index contributed by atoms with van der Waals surface area (Å²) in [4.78, 5) is 13.2. The van der Waals surface area contributed by atoms with Gasteiger partial charge >= 0.3 is 5.97 Å². The third kappa shape index (κ3) is 5.85. The van der Waals surface area contributed by atoms with Crippen LogP contribution < -0.4 is 0 Å². The number of ether oxygens (including phenoxy) is 2. The first-order valence-electron chi connectivity index (χ1n) is 9.17. The van der Waals surface area contributed by atoms with Gasteiger partial charge < -0.3 is 14.6 Å². The Hall–Kier alpha value is -0.799. The van der Waals surface area contributed by atoms with E-state index in [-0.39, 0.29) is 11.9 Å². The average Bonchev–Trinajstić information content (AvgIpc) is 2.45. The molecule has 0 aromatic rings. The van der Waals surface area contributed by atoms with Gasteiger partial charge in [-0.15, -0.1) is 6.58 Å². The van der Waals surface area contributed by atoms with E-state index in [4.69, 9.17) is 9.47 Å². The zero-order valence-electron chi connectivity index (χ0n) is 18.8. The van der Waals surface area contributed by atoms with Crippen molar-refractivity contribution in [3.05, 3.63) is 22.9 Å². The first kappa shape index (κ1) is 25.2. The lowest BCUT2D eigenvalue weighted by atomic mass is 9.99. The number of carbonyl (C=O) groups excluding carboxylic acids is 1. The second kappa shape index (κ2) is 8.48. The predicted molar refractivity (Wildman–Crippen MR) is 120 cm³/mol. The first-order valence-corrected chi connectivity index (χ1v) is 19.7. The number of hydrogen-bond acceptors (Lipinski definition) is 4. The Morgan fingerprint density at radius 2 is 1.35 bits per heavy atom. The molecule has 0 aromatic carbocycles. The molecule has 0 aliphatic carbocycles. The van der Waals surface area contributed by atoms with E-state index in [1.165, 1.54) is 14.2 Å². The van der Waals surface area contributed by atoms with Crippen LogP contribution in [-0.2, 0) is 14.3 Å². The van der Waals surface area contributed by atoms with Crippen LogP contribution >= 0.6 is 0 Å². The topological polar surface area (TPSA) is 55.8 Å². The number of carbonyl (C=O) groups is 1. The number of esters is 1. The second-order valence-electron chi connectivity index (χ2n) is 10.3. The molecule has 152 valence electrons. The fourth-order valence-electron chi connectivity index (χ4n) is 2.95. The molecule has 0 fully saturated rings. The van der Waals surface area contributed by atoms with Crippen molar-refractivity contribution in [1.29, 1.82) is 0 Å². The molecule has 0 saturated carbocycles. The molecule has 0 bridgehead atoms. The fraction of sp³-hybridized carbons (Fsp3) is 0.737. The van der Waals surface area contributed by atoms with E-state index < -0.39 is 29.3 Å². The molecule has 0 aliphatic rings. The van der Waals surface area contributed by atoms with Crippen LogP contribution in [0.5, 0.6) is 0 Å². The first-order chi connectivity index (χ1) is 11.4. The molecule has 4 nitrogen and oxygen atoms in total. The summed E-state index contributed by atoms with van der Waals surface area (Å²) in [5.74, 6) is -0.218. The van der Waals surface area contributed by atoms with Gasteiger partial charge in [0.25, 0.3) is 5.95 Å². The lowest BCUT2D eigenvalue weighted by Crippen LogP contribution is -2.49. The van der Waals surface area contributed by atoms with Crippen molar-refractivity contribution in [3.8, 4) is 0 Å². The van der Waals surface area contributed by atoms with E-state index in [1.807, 2.05) is 0 Å². The van der Waals surface area contributed by atoms with Crippen molar-refractivity contribution < 1.29 is 19.4 Å². The molecule has 26 heavy (non-hydrogen) atoms. The van der Waals surface area contributed by atoms with Gasteiger partial charge in [-0.2, -0.15) is 0 Å². The van der Waals surface area contributed by atoms with E-state index >= 15 is 0 Å². The van der Waals surface area contributed by atoms with Crippen molar-refractivity contribution in [3.63, 3.8) is 0 Å². The SMILES string of the molecule is C=C(CC(C/C(=C(\O)OC)[Si](C)(C)C)(C(=O)OC)[Si](C)(C)C)[Si](C)(C)C. The third-order valence-corrected chi connectivity index (χ3v) is 13.4. The Morgan fingerprint density at radius 3 is 1.62 bits per heavy atom. The second-order valence-corrected chi connectivity index (χ2v) is 26.0. The molecule has 0 aromatic heterocycles. The molecule has 0 rings (SSSR count). The normalized spacial score (nSPS) is 16.4. The number of rotatable bonds is 9. The van der Waals surface area contributed by atoms with E-state index in [2.05, 4.69) is 65.5 Å². The monoisotopic (exact) mass is 416 g/mol. The number of allylic oxidation sites excluding steroid dienone is 2. The average molecular weight is 417 g/mol. The molecule has 7 heteroatoms. The Bertz CT molecular complexity index is 563. The lowest BCUT2D eigenvalue weighted by Gasteiger charge is -2.44. The highest BCUT2D eigenvalue weighted by atomic mass is 28.3. The quantitative estimate of drug-likeness (QED) is 0.295. The minimum absolute atomic E-state index is 0.0330. The molecule has 0 amide bonds. The minimum Gasteiger partial charge on any atom is -0.481 e. The summed E-state index contributed by atoms with van der Waals surface area (Å²) in [7, 11) is -2.65. The van der Waals surface area contributed by atoms with Crippen molar-refractivity contribution in [2.45, 2.75) is 76.8 Å². The van der Waals surface area contributed by atoms with Crippen LogP contribution in [0.4, 0.5) is 0 Å². The van der Waals surface area contributed by atoms with E-state index in [1.54, 1.807) is 0 Å². The van der Waals surface area contributed by atoms with Gasteiger partial charge in [0.15, 0.2) is 0 Å². The van der Waals surface area contributed by atoms with Crippen LogP contribution in [-0.4, -0.2) is 49.5 Å². The van der Waals surface area contributed by atoms with Gasteiger partial charge in [0.05, 0.1) is 43.5 Å². The molecule has 0 aliphatic heterocycles. The highest BCUT2D eigenvalue weighted by molar-refractivity contribution is 6.86. The summed E-state index contributed by atoms with van der Waals surface area (Å²) in [5, 5.41) is 11.9. The van der Waals surface area contributed by atoms with Crippen molar-refractivity contribution in [1.82, 2.24) is 0 Å².